The van der Waals surface area contributed by atoms with Gasteiger partial charge >= 0.3 is 42.8 Å². The maximum Gasteiger partial charge on any atom is 2.00 e. The molecule has 0 saturated heterocycles. The van der Waals surface area contributed by atoms with E-state index in [4.69, 9.17) is 0 Å². The van der Waals surface area contributed by atoms with Gasteiger partial charge in [0, 0.05) is 0 Å². The van der Waals surface area contributed by atoms with Crippen LogP contribution in [0, 0.1) is 0 Å². The first-order valence-electron chi connectivity index (χ1n) is 0.378. The quantitative estimate of drug-likeness (QED) is 0.310. The molecule has 0 aromatic heterocycles. The van der Waals surface area contributed by atoms with Crippen LogP contribution in [-0.4, -0.2) is 47.8 Å². The minimum atomic E-state index is 0. The number of hydrogen-bond acceptors (Lipinski definition) is 0. The summed E-state index contributed by atoms with van der Waals surface area (Å²) in [6.45, 7) is 0. The molecule has 0 N–H and O–H groups in total. The third-order valence-electron chi connectivity index (χ3n) is 0. The van der Waals surface area contributed by atoms with Crippen LogP contribution in [0.4, 0.5) is 0 Å². The fraction of sp³-hybridized carbons (Fsp3) is 1.00. The Kier molecular flexibility index (Phi) is 79.3. The Morgan fingerprint density at radius 1 is 1.50 bits per heavy atom. The molecular weight excluding hydrogens is 233 g/mol. The fourth-order valence-electron chi connectivity index (χ4n) is 0. The molecule has 0 aromatic carbocycles. The summed E-state index contributed by atoms with van der Waals surface area (Å²) in [5.41, 5.74) is 0. The molecule has 0 nitrogen and oxygen atoms in total. The average Bonchev–Trinajstić information content (AvgIpc) is 1.00. The summed E-state index contributed by atoms with van der Waals surface area (Å²) in [5, 5.41) is 0. The van der Waals surface area contributed by atoms with Crippen molar-refractivity contribution in [1.82, 2.24) is 0 Å². The van der Waals surface area contributed by atoms with Gasteiger partial charge in [0.2, 0.25) is 0 Å². The zero-order chi connectivity index (χ0) is 2.00. The molecule has 0 heterocycles. The van der Waals surface area contributed by atoms with E-state index in [1.807, 2.05) is 4.93 Å². The molecule has 0 bridgehead atoms. The Morgan fingerprint density at radius 3 is 1.50 bits per heavy atom. The summed E-state index contributed by atoms with van der Waals surface area (Å²) < 4.78 is 0. The van der Waals surface area contributed by atoms with Crippen LogP contribution in [0.25, 0.3) is 0 Å². The van der Waals surface area contributed by atoms with Crippen LogP contribution in [-0.2, 0) is 0 Å². The summed E-state index contributed by atoms with van der Waals surface area (Å²) in [5.74, 6) is 0. The second-order valence-electron chi connectivity index (χ2n) is 0. The molecule has 0 aliphatic carbocycles. The van der Waals surface area contributed by atoms with E-state index in [1.165, 1.54) is 0 Å². The second kappa shape index (κ2) is 19.3. The van der Waals surface area contributed by atoms with Gasteiger partial charge in [-0.15, -0.1) is 0 Å². The SMILES string of the molecule is CI.[GaH3].[H-].[H-].[Mg+2]. The number of alkyl halides is 1. The van der Waals surface area contributed by atoms with Crippen LogP contribution in [0.2, 0.25) is 0 Å². The smallest absolute Gasteiger partial charge is 1.00 e. The van der Waals surface area contributed by atoms with Gasteiger partial charge in [-0.3, -0.25) is 0 Å². The predicted octanol–water partition coefficient (Wildman–Crippen LogP) is -0.289. The molecule has 3 heteroatoms. The van der Waals surface area contributed by atoms with E-state index in [9.17, 15) is 0 Å². The van der Waals surface area contributed by atoms with E-state index in [0.717, 1.165) is 0 Å². The average molecular weight is 241 g/mol. The minimum absolute atomic E-state index is 0. The Labute approximate surface area is 72.4 Å². The molecule has 0 spiro atoms. The van der Waals surface area contributed by atoms with Crippen molar-refractivity contribution in [3.8, 4) is 0 Å². The van der Waals surface area contributed by atoms with Crippen LogP contribution in [0.1, 0.15) is 2.85 Å². The predicted molar refractivity (Wildman–Crippen MR) is 37.9 cm³/mol. The van der Waals surface area contributed by atoms with E-state index in [1.54, 1.807) is 0 Å². The van der Waals surface area contributed by atoms with E-state index in [0.29, 0.717) is 0 Å². The Balaban J connectivity index is -0.000000000833. The van der Waals surface area contributed by atoms with Crippen molar-refractivity contribution < 1.29 is 2.85 Å². The Hall–Kier alpha value is 2.13. The first kappa shape index (κ1) is 16.5. The van der Waals surface area contributed by atoms with E-state index >= 15 is 0 Å². The Bertz CT molecular complexity index is 13.5. The number of rotatable bonds is 0. The molecule has 0 atom stereocenters. The molecule has 0 aliphatic rings. The summed E-state index contributed by atoms with van der Waals surface area (Å²) in [6, 6.07) is 0. The van der Waals surface area contributed by atoms with Crippen molar-refractivity contribution in [1.29, 1.82) is 0 Å². The fourth-order valence-corrected chi connectivity index (χ4v) is 0. The summed E-state index contributed by atoms with van der Waals surface area (Å²) >= 11 is 2.15. The molecule has 0 saturated carbocycles. The minimum Gasteiger partial charge on any atom is -1.00 e. The maximum atomic E-state index is 2.15. The van der Waals surface area contributed by atoms with Crippen LogP contribution in [0.3, 0.4) is 0 Å². The zero-order valence-corrected chi connectivity index (χ0v) is 5.66. The van der Waals surface area contributed by atoms with Gasteiger partial charge in [-0.25, -0.2) is 0 Å². The molecule has 0 aromatic rings. The van der Waals surface area contributed by atoms with Crippen LogP contribution in [0.5, 0.6) is 0 Å². The third-order valence-corrected chi connectivity index (χ3v) is 0. The first-order valence-corrected chi connectivity index (χ1v) is 2.54. The molecule has 24 valence electrons. The monoisotopic (exact) mass is 240 g/mol. The van der Waals surface area contributed by atoms with Gasteiger partial charge < -0.3 is 2.85 Å². The number of halogens is 1. The Morgan fingerprint density at radius 2 is 1.50 bits per heavy atom. The van der Waals surface area contributed by atoms with E-state index < -0.39 is 0 Å². The van der Waals surface area contributed by atoms with Crippen molar-refractivity contribution in [3.05, 3.63) is 0 Å². The van der Waals surface area contributed by atoms with Crippen LogP contribution < -0.4 is 0 Å². The van der Waals surface area contributed by atoms with Crippen molar-refractivity contribution in [3.63, 3.8) is 0 Å². The second-order valence-corrected chi connectivity index (χ2v) is 0. The van der Waals surface area contributed by atoms with Gasteiger partial charge in [0.05, 0.1) is 0 Å². The van der Waals surface area contributed by atoms with Gasteiger partial charge in [-0.05, 0) is 4.93 Å². The third kappa shape index (κ3) is 8.92. The largest absolute Gasteiger partial charge is 2.00 e. The topological polar surface area (TPSA) is 0 Å². The van der Waals surface area contributed by atoms with Gasteiger partial charge in [-0.1, -0.05) is 22.6 Å². The van der Waals surface area contributed by atoms with Crippen molar-refractivity contribution in [2.24, 2.45) is 0 Å². The van der Waals surface area contributed by atoms with E-state index in [-0.39, 0.29) is 45.7 Å². The standard InChI is InChI=1S/CH3I.Ga.Mg.5H/c1-2;;;;;;;/h1H3;;;;;;;/q;;+2;;;;2*-1. The van der Waals surface area contributed by atoms with Crippen molar-refractivity contribution in [2.75, 3.05) is 4.93 Å². The van der Waals surface area contributed by atoms with Gasteiger partial charge in [0.25, 0.3) is 0 Å². The summed E-state index contributed by atoms with van der Waals surface area (Å²) in [4.78, 5) is 1.97. The molecule has 0 unspecified atom stereocenters. The summed E-state index contributed by atoms with van der Waals surface area (Å²) in [7, 11) is 0. The molecule has 0 rings (SSSR count). The first-order chi connectivity index (χ1) is 1.00. The molecule has 0 fully saturated rings. The van der Waals surface area contributed by atoms with E-state index in [2.05, 4.69) is 22.6 Å². The zero-order valence-electron chi connectivity index (χ0n) is 4.09. The molecule has 0 amide bonds. The van der Waals surface area contributed by atoms with Gasteiger partial charge in [0.1, 0.15) is 0 Å². The molecule has 0 radical (unpaired) electrons. The van der Waals surface area contributed by atoms with Gasteiger partial charge in [-0.2, -0.15) is 0 Å². The van der Waals surface area contributed by atoms with Crippen LogP contribution >= 0.6 is 22.6 Å². The van der Waals surface area contributed by atoms with Gasteiger partial charge in [0.15, 0.2) is 0 Å². The van der Waals surface area contributed by atoms with Crippen LogP contribution in [0.15, 0.2) is 0 Å². The van der Waals surface area contributed by atoms with Crippen molar-refractivity contribution >= 4 is 65.4 Å². The van der Waals surface area contributed by atoms with Crippen molar-refractivity contribution in [2.45, 2.75) is 0 Å². The normalized spacial score (nSPS) is 1.50. The molecule has 0 aliphatic heterocycles. The maximum absolute atomic E-state index is 2.15. The molecule has 4 heavy (non-hydrogen) atoms. The number of hydrogen-bond donors (Lipinski definition) is 0. The molecular formula is CH8GaIMg. The summed E-state index contributed by atoms with van der Waals surface area (Å²) in [6.07, 6.45) is 0.